The maximum absolute atomic E-state index is 10.8. The average Bonchev–Trinajstić information content (AvgIpc) is 2.64. The van der Waals surface area contributed by atoms with E-state index in [4.69, 9.17) is 5.11 Å². The number of nitrogens with zero attached hydrogens (tertiary/aromatic N) is 2. The van der Waals surface area contributed by atoms with Gasteiger partial charge in [0.05, 0.1) is 6.54 Å². The minimum absolute atomic E-state index is 0.159. The Morgan fingerprint density at radius 2 is 1.90 bits per heavy atom. The number of benzene rings is 1. The lowest BCUT2D eigenvalue weighted by molar-refractivity contribution is -0.138. The van der Waals surface area contributed by atoms with Gasteiger partial charge in [0, 0.05) is 32.2 Å². The van der Waals surface area contributed by atoms with Crippen LogP contribution in [0.5, 0.6) is 0 Å². The zero-order valence-electron chi connectivity index (χ0n) is 12.4. The third-order valence-electron chi connectivity index (χ3n) is 4.09. The first-order chi connectivity index (χ1) is 9.56. The standard InChI is InChI=1S/C16H24N2O2/c1-13-4-6-15(7-5-13)14(2)18-9-3-8-17(10-11-18)12-16(19)20/h4-7,14H,3,8-12H2,1-2H3,(H,19,20). The van der Waals surface area contributed by atoms with Crippen molar-refractivity contribution in [3.63, 3.8) is 0 Å². The first-order valence-corrected chi connectivity index (χ1v) is 7.31. The topological polar surface area (TPSA) is 43.8 Å². The summed E-state index contributed by atoms with van der Waals surface area (Å²) in [7, 11) is 0. The van der Waals surface area contributed by atoms with Crippen LogP contribution in [-0.2, 0) is 4.79 Å². The molecule has 2 rings (SSSR count). The van der Waals surface area contributed by atoms with E-state index in [1.807, 2.05) is 4.90 Å². The Kier molecular flexibility index (Phi) is 5.15. The van der Waals surface area contributed by atoms with E-state index in [-0.39, 0.29) is 6.54 Å². The van der Waals surface area contributed by atoms with E-state index in [2.05, 4.69) is 43.0 Å². The van der Waals surface area contributed by atoms with Crippen LogP contribution in [0.25, 0.3) is 0 Å². The van der Waals surface area contributed by atoms with Gasteiger partial charge in [-0.2, -0.15) is 0 Å². The van der Waals surface area contributed by atoms with Crippen LogP contribution in [0.15, 0.2) is 24.3 Å². The Bertz CT molecular complexity index is 444. The number of aryl methyl sites for hydroxylation is 1. The first-order valence-electron chi connectivity index (χ1n) is 7.31. The van der Waals surface area contributed by atoms with Crippen LogP contribution in [-0.4, -0.2) is 53.6 Å². The van der Waals surface area contributed by atoms with Gasteiger partial charge in [0.2, 0.25) is 0 Å². The lowest BCUT2D eigenvalue weighted by Gasteiger charge is -2.28. The van der Waals surface area contributed by atoms with E-state index in [0.29, 0.717) is 6.04 Å². The van der Waals surface area contributed by atoms with Crippen molar-refractivity contribution in [2.45, 2.75) is 26.3 Å². The molecular formula is C16H24N2O2. The molecule has 1 heterocycles. The Labute approximate surface area is 121 Å². The van der Waals surface area contributed by atoms with Crippen LogP contribution >= 0.6 is 0 Å². The zero-order chi connectivity index (χ0) is 14.5. The van der Waals surface area contributed by atoms with Gasteiger partial charge >= 0.3 is 5.97 Å². The Hall–Kier alpha value is -1.39. The number of carbonyl (C=O) groups is 1. The molecule has 0 saturated carbocycles. The highest BCUT2D eigenvalue weighted by atomic mass is 16.4. The summed E-state index contributed by atoms with van der Waals surface area (Å²) < 4.78 is 0. The minimum atomic E-state index is -0.731. The summed E-state index contributed by atoms with van der Waals surface area (Å²) in [5.74, 6) is -0.731. The van der Waals surface area contributed by atoms with Gasteiger partial charge in [-0.25, -0.2) is 0 Å². The van der Waals surface area contributed by atoms with Gasteiger partial charge in [0.1, 0.15) is 0 Å². The Balaban J connectivity index is 1.95. The number of hydrogen-bond acceptors (Lipinski definition) is 3. The molecule has 4 heteroatoms. The van der Waals surface area contributed by atoms with E-state index in [0.717, 1.165) is 32.6 Å². The summed E-state index contributed by atoms with van der Waals surface area (Å²) in [4.78, 5) is 15.3. The third kappa shape index (κ3) is 4.05. The summed E-state index contributed by atoms with van der Waals surface area (Å²) in [5, 5.41) is 8.88. The predicted molar refractivity (Wildman–Crippen MR) is 79.9 cm³/mol. The van der Waals surface area contributed by atoms with Crippen molar-refractivity contribution in [3.8, 4) is 0 Å². The summed E-state index contributed by atoms with van der Waals surface area (Å²) in [5.41, 5.74) is 2.62. The second kappa shape index (κ2) is 6.86. The van der Waals surface area contributed by atoms with Crippen LogP contribution in [0.4, 0.5) is 0 Å². The Morgan fingerprint density at radius 1 is 1.20 bits per heavy atom. The monoisotopic (exact) mass is 276 g/mol. The van der Waals surface area contributed by atoms with E-state index < -0.39 is 5.97 Å². The number of hydrogen-bond donors (Lipinski definition) is 1. The molecule has 1 aromatic carbocycles. The van der Waals surface area contributed by atoms with Crippen molar-refractivity contribution in [1.29, 1.82) is 0 Å². The summed E-state index contributed by atoms with van der Waals surface area (Å²) >= 11 is 0. The van der Waals surface area contributed by atoms with Crippen LogP contribution in [0.1, 0.15) is 30.5 Å². The van der Waals surface area contributed by atoms with Crippen molar-refractivity contribution in [3.05, 3.63) is 35.4 Å². The van der Waals surface area contributed by atoms with Gasteiger partial charge in [-0.3, -0.25) is 14.6 Å². The molecule has 0 bridgehead atoms. The molecule has 1 atom stereocenters. The molecule has 110 valence electrons. The van der Waals surface area contributed by atoms with Crippen LogP contribution in [0.3, 0.4) is 0 Å². The zero-order valence-corrected chi connectivity index (χ0v) is 12.4. The van der Waals surface area contributed by atoms with E-state index >= 15 is 0 Å². The summed E-state index contributed by atoms with van der Waals surface area (Å²) in [6.07, 6.45) is 1.03. The van der Waals surface area contributed by atoms with Crippen molar-refractivity contribution in [2.24, 2.45) is 0 Å². The summed E-state index contributed by atoms with van der Waals surface area (Å²) in [6, 6.07) is 9.08. The molecule has 1 aromatic rings. The van der Waals surface area contributed by atoms with Crippen molar-refractivity contribution >= 4 is 5.97 Å². The second-order valence-electron chi connectivity index (χ2n) is 5.65. The van der Waals surface area contributed by atoms with Gasteiger partial charge < -0.3 is 5.11 Å². The average molecular weight is 276 g/mol. The molecule has 0 spiro atoms. The molecule has 0 radical (unpaired) electrons. The highest BCUT2D eigenvalue weighted by Gasteiger charge is 2.21. The largest absolute Gasteiger partial charge is 0.480 e. The number of carboxylic acid groups (broad SMARTS) is 1. The smallest absolute Gasteiger partial charge is 0.317 e. The predicted octanol–water partition coefficient (Wildman–Crippen LogP) is 2.15. The molecule has 0 aliphatic carbocycles. The van der Waals surface area contributed by atoms with E-state index in [1.165, 1.54) is 11.1 Å². The van der Waals surface area contributed by atoms with Gasteiger partial charge in [-0.05, 0) is 25.8 Å². The van der Waals surface area contributed by atoms with Crippen LogP contribution in [0.2, 0.25) is 0 Å². The lowest BCUT2D eigenvalue weighted by Crippen LogP contribution is -2.35. The second-order valence-corrected chi connectivity index (χ2v) is 5.65. The van der Waals surface area contributed by atoms with Gasteiger partial charge in [-0.15, -0.1) is 0 Å². The molecule has 4 nitrogen and oxygen atoms in total. The lowest BCUT2D eigenvalue weighted by atomic mass is 10.1. The molecule has 1 saturated heterocycles. The van der Waals surface area contributed by atoms with Crippen molar-refractivity contribution in [1.82, 2.24) is 9.80 Å². The number of carboxylic acids is 1. The molecule has 1 aliphatic rings. The van der Waals surface area contributed by atoms with Crippen LogP contribution < -0.4 is 0 Å². The van der Waals surface area contributed by atoms with Crippen molar-refractivity contribution in [2.75, 3.05) is 32.7 Å². The third-order valence-corrected chi connectivity index (χ3v) is 4.09. The molecule has 1 aliphatic heterocycles. The Morgan fingerprint density at radius 3 is 2.55 bits per heavy atom. The van der Waals surface area contributed by atoms with Gasteiger partial charge in [0.25, 0.3) is 0 Å². The summed E-state index contributed by atoms with van der Waals surface area (Å²) in [6.45, 7) is 8.17. The fourth-order valence-corrected chi connectivity index (χ4v) is 2.78. The first kappa shape index (κ1) is 15.0. The molecule has 0 amide bonds. The fourth-order valence-electron chi connectivity index (χ4n) is 2.78. The number of rotatable bonds is 4. The molecule has 1 N–H and O–H groups in total. The molecular weight excluding hydrogens is 252 g/mol. The molecule has 1 fully saturated rings. The van der Waals surface area contributed by atoms with Crippen LogP contribution in [0, 0.1) is 6.92 Å². The molecule has 1 unspecified atom stereocenters. The molecule has 20 heavy (non-hydrogen) atoms. The maximum Gasteiger partial charge on any atom is 0.317 e. The highest BCUT2D eigenvalue weighted by molar-refractivity contribution is 5.69. The highest BCUT2D eigenvalue weighted by Crippen LogP contribution is 2.21. The number of aliphatic carboxylic acids is 1. The van der Waals surface area contributed by atoms with Crippen molar-refractivity contribution < 1.29 is 9.90 Å². The minimum Gasteiger partial charge on any atom is -0.480 e. The normalized spacial score (nSPS) is 19.5. The fraction of sp³-hybridized carbons (Fsp3) is 0.562. The molecule has 0 aromatic heterocycles. The SMILES string of the molecule is Cc1ccc(C(C)N2CCCN(CC(=O)O)CC2)cc1. The van der Waals surface area contributed by atoms with Gasteiger partial charge in [-0.1, -0.05) is 29.8 Å². The van der Waals surface area contributed by atoms with Gasteiger partial charge in [0.15, 0.2) is 0 Å². The quantitative estimate of drug-likeness (QED) is 0.915. The maximum atomic E-state index is 10.8. The van der Waals surface area contributed by atoms with E-state index in [1.54, 1.807) is 0 Å². The van der Waals surface area contributed by atoms with E-state index in [9.17, 15) is 4.79 Å².